The topological polar surface area (TPSA) is 89.8 Å². The molecule has 0 saturated carbocycles. The molecule has 7 heteroatoms. The normalized spacial score (nSPS) is 21.1. The highest BCUT2D eigenvalue weighted by Crippen LogP contribution is 2.39. The number of carbonyl (C=O) groups excluding carboxylic acids is 2. The fraction of sp³-hybridized carbons (Fsp3) is 0.300. The van der Waals surface area contributed by atoms with Crippen LogP contribution in [0.4, 0.5) is 5.69 Å². The Morgan fingerprint density at radius 1 is 1.26 bits per heavy atom. The third-order valence-corrected chi connectivity index (χ3v) is 5.24. The molecule has 1 amide bonds. The number of nitro benzene ring substituents is 1. The molecular weight excluding hydrogens is 348 g/mol. The summed E-state index contributed by atoms with van der Waals surface area (Å²) in [6, 6.07) is 11.5. The highest BCUT2D eigenvalue weighted by Gasteiger charge is 2.47. The van der Waals surface area contributed by atoms with E-state index < -0.39 is 10.5 Å². The quantitative estimate of drug-likeness (QED) is 0.602. The molecule has 0 aliphatic carbocycles. The molecule has 2 aliphatic heterocycles. The molecule has 1 fully saturated rings. The average Bonchev–Trinajstić information content (AvgIpc) is 3.03. The third-order valence-electron chi connectivity index (χ3n) is 5.24. The van der Waals surface area contributed by atoms with Gasteiger partial charge in [-0.2, -0.15) is 0 Å². The lowest BCUT2D eigenvalue weighted by Crippen LogP contribution is -2.45. The lowest BCUT2D eigenvalue weighted by molar-refractivity contribution is -0.385. The van der Waals surface area contributed by atoms with Gasteiger partial charge in [-0.25, -0.2) is 0 Å². The Hall–Kier alpha value is -3.22. The lowest BCUT2D eigenvalue weighted by Gasteiger charge is -2.34. The van der Waals surface area contributed by atoms with Crippen LogP contribution in [0.1, 0.15) is 39.1 Å². The van der Waals surface area contributed by atoms with E-state index in [2.05, 4.69) is 0 Å². The molecule has 7 nitrogen and oxygen atoms in total. The molecule has 0 aromatic heterocycles. The largest absolute Gasteiger partial charge is 0.484 e. The summed E-state index contributed by atoms with van der Waals surface area (Å²) in [5.41, 5.74) is 0.716. The van der Waals surface area contributed by atoms with Crippen molar-refractivity contribution in [2.24, 2.45) is 0 Å². The molecule has 1 spiro atoms. The van der Waals surface area contributed by atoms with Crippen molar-refractivity contribution < 1.29 is 19.2 Å². The molecule has 4 rings (SSSR count). The second-order valence-electron chi connectivity index (χ2n) is 7.12. The summed E-state index contributed by atoms with van der Waals surface area (Å²) in [6.07, 6.45) is 0.817. The first-order chi connectivity index (χ1) is 12.9. The zero-order valence-electron chi connectivity index (χ0n) is 14.8. The van der Waals surface area contributed by atoms with Gasteiger partial charge < -0.3 is 9.64 Å². The molecule has 0 bridgehead atoms. The molecule has 1 saturated heterocycles. The number of likely N-dealkylation sites (tertiary alicyclic amines) is 1. The minimum atomic E-state index is -0.698. The number of ketones is 1. The minimum Gasteiger partial charge on any atom is -0.484 e. The van der Waals surface area contributed by atoms with Crippen molar-refractivity contribution in [2.45, 2.75) is 25.4 Å². The fourth-order valence-electron chi connectivity index (χ4n) is 3.86. The Kier molecular flexibility index (Phi) is 3.95. The van der Waals surface area contributed by atoms with Crippen molar-refractivity contribution in [3.8, 4) is 5.75 Å². The Bertz CT molecular complexity index is 971. The highest BCUT2D eigenvalue weighted by molar-refractivity contribution is 6.00. The number of benzene rings is 2. The summed E-state index contributed by atoms with van der Waals surface area (Å²) < 4.78 is 6.14. The monoisotopic (exact) mass is 366 g/mol. The van der Waals surface area contributed by atoms with Gasteiger partial charge in [0, 0.05) is 30.2 Å². The molecule has 1 atom stereocenters. The predicted molar refractivity (Wildman–Crippen MR) is 97.1 cm³/mol. The summed E-state index contributed by atoms with van der Waals surface area (Å²) in [7, 11) is 0. The second-order valence-corrected chi connectivity index (χ2v) is 7.12. The van der Waals surface area contributed by atoms with E-state index in [9.17, 15) is 19.7 Å². The van der Waals surface area contributed by atoms with Crippen LogP contribution >= 0.6 is 0 Å². The van der Waals surface area contributed by atoms with Crippen LogP contribution in [0.25, 0.3) is 0 Å². The van der Waals surface area contributed by atoms with Gasteiger partial charge in [0.1, 0.15) is 11.4 Å². The summed E-state index contributed by atoms with van der Waals surface area (Å²) in [5, 5.41) is 11.0. The van der Waals surface area contributed by atoms with Gasteiger partial charge in [0.25, 0.3) is 11.6 Å². The number of fused-ring (bicyclic) bond motifs is 1. The lowest BCUT2D eigenvalue weighted by atomic mass is 9.89. The maximum absolute atomic E-state index is 12.8. The highest BCUT2D eigenvalue weighted by atomic mass is 16.6. The van der Waals surface area contributed by atoms with Gasteiger partial charge in [-0.3, -0.25) is 19.7 Å². The van der Waals surface area contributed by atoms with E-state index in [-0.39, 0.29) is 23.8 Å². The van der Waals surface area contributed by atoms with E-state index in [1.807, 2.05) is 6.07 Å². The number of rotatable bonds is 2. The van der Waals surface area contributed by atoms with Crippen molar-refractivity contribution in [1.82, 2.24) is 4.90 Å². The van der Waals surface area contributed by atoms with E-state index in [0.717, 1.165) is 0 Å². The Labute approximate surface area is 155 Å². The number of aryl methyl sites for hydroxylation is 1. The zero-order chi connectivity index (χ0) is 19.2. The first-order valence-electron chi connectivity index (χ1n) is 8.74. The van der Waals surface area contributed by atoms with Crippen LogP contribution in [0.3, 0.4) is 0 Å². The first-order valence-corrected chi connectivity index (χ1v) is 8.74. The number of hydrogen-bond acceptors (Lipinski definition) is 5. The summed E-state index contributed by atoms with van der Waals surface area (Å²) in [5.74, 6) is 0.381. The van der Waals surface area contributed by atoms with E-state index in [0.29, 0.717) is 42.0 Å². The molecule has 2 heterocycles. The molecule has 2 aromatic carbocycles. The third kappa shape index (κ3) is 2.95. The van der Waals surface area contributed by atoms with E-state index in [4.69, 9.17) is 4.74 Å². The Morgan fingerprint density at radius 3 is 2.78 bits per heavy atom. The van der Waals surface area contributed by atoms with Crippen molar-refractivity contribution in [3.05, 3.63) is 69.3 Å². The molecule has 2 aliphatic rings. The molecule has 138 valence electrons. The van der Waals surface area contributed by atoms with Gasteiger partial charge in [0.05, 0.1) is 23.5 Å². The molecule has 1 unspecified atom stereocenters. The van der Waals surface area contributed by atoms with Crippen molar-refractivity contribution in [3.63, 3.8) is 0 Å². The van der Waals surface area contributed by atoms with E-state index >= 15 is 0 Å². The minimum absolute atomic E-state index is 0.0118. The van der Waals surface area contributed by atoms with Crippen LogP contribution in [0.2, 0.25) is 0 Å². The predicted octanol–water partition coefficient (Wildman–Crippen LogP) is 3.15. The van der Waals surface area contributed by atoms with Crippen molar-refractivity contribution in [2.75, 3.05) is 13.1 Å². The fourth-order valence-corrected chi connectivity index (χ4v) is 3.86. The van der Waals surface area contributed by atoms with Gasteiger partial charge in [-0.15, -0.1) is 0 Å². The number of nitro groups is 1. The molecular formula is C20H18N2O5. The van der Waals surface area contributed by atoms with Crippen LogP contribution in [-0.4, -0.2) is 40.2 Å². The molecule has 2 aromatic rings. The molecule has 0 N–H and O–H groups in total. The average molecular weight is 366 g/mol. The molecule has 0 radical (unpaired) electrons. The standard InChI is InChI=1S/C20H18N2O5/c1-13-10-14(6-7-16(13)22(25)26)19(24)21-9-8-20(12-21)11-17(23)15-4-2-3-5-18(15)27-20/h2-7,10H,8-9,11-12H2,1H3. The SMILES string of the molecule is Cc1cc(C(=O)N2CCC3(CC(=O)c4ccccc4O3)C2)ccc1[N+](=O)[O-]. The van der Waals surface area contributed by atoms with Crippen LogP contribution < -0.4 is 4.74 Å². The van der Waals surface area contributed by atoms with E-state index in [1.165, 1.54) is 18.2 Å². The Balaban J connectivity index is 1.55. The number of ether oxygens (including phenoxy) is 1. The first kappa shape index (κ1) is 17.2. The van der Waals surface area contributed by atoms with Gasteiger partial charge in [0.15, 0.2) is 5.78 Å². The number of carbonyl (C=O) groups is 2. The zero-order valence-corrected chi connectivity index (χ0v) is 14.8. The van der Waals surface area contributed by atoms with Gasteiger partial charge in [-0.05, 0) is 31.2 Å². The number of Topliss-reactive ketones (excluding diaryl/α,β-unsaturated/α-hetero) is 1. The molecule has 27 heavy (non-hydrogen) atoms. The smallest absolute Gasteiger partial charge is 0.272 e. The number of hydrogen-bond donors (Lipinski definition) is 0. The van der Waals surface area contributed by atoms with Crippen LogP contribution in [-0.2, 0) is 0 Å². The summed E-state index contributed by atoms with van der Waals surface area (Å²) in [4.78, 5) is 37.5. The van der Waals surface area contributed by atoms with Crippen LogP contribution in [0.5, 0.6) is 5.75 Å². The van der Waals surface area contributed by atoms with Crippen LogP contribution in [0, 0.1) is 17.0 Å². The van der Waals surface area contributed by atoms with E-state index in [1.54, 1.807) is 30.0 Å². The Morgan fingerprint density at radius 2 is 2.04 bits per heavy atom. The maximum atomic E-state index is 12.8. The maximum Gasteiger partial charge on any atom is 0.272 e. The second kappa shape index (κ2) is 6.19. The summed E-state index contributed by atoms with van der Waals surface area (Å²) in [6.45, 7) is 2.41. The van der Waals surface area contributed by atoms with Gasteiger partial charge in [-0.1, -0.05) is 12.1 Å². The number of para-hydroxylation sites is 1. The number of nitrogens with zero attached hydrogens (tertiary/aromatic N) is 2. The summed E-state index contributed by atoms with van der Waals surface area (Å²) >= 11 is 0. The van der Waals surface area contributed by atoms with Crippen molar-refractivity contribution >= 4 is 17.4 Å². The van der Waals surface area contributed by atoms with Crippen LogP contribution in [0.15, 0.2) is 42.5 Å². The van der Waals surface area contributed by atoms with Gasteiger partial charge in [0.2, 0.25) is 0 Å². The van der Waals surface area contributed by atoms with Gasteiger partial charge >= 0.3 is 0 Å². The number of amides is 1. The van der Waals surface area contributed by atoms with Crippen molar-refractivity contribution in [1.29, 1.82) is 0 Å².